The van der Waals surface area contributed by atoms with E-state index in [2.05, 4.69) is 36.1 Å². The smallest absolute Gasteiger partial charge is 0.293 e. The highest BCUT2D eigenvalue weighted by atomic mass is 16.6. The van der Waals surface area contributed by atoms with Crippen LogP contribution in [0.15, 0.2) is 18.2 Å². The number of hydrogen-bond donors (Lipinski definition) is 2. The molecular formula is C14H23N5O2. The van der Waals surface area contributed by atoms with Gasteiger partial charge < -0.3 is 5.43 Å². The Labute approximate surface area is 124 Å². The summed E-state index contributed by atoms with van der Waals surface area (Å²) in [6, 6.07) is 5.98. The topological polar surface area (TPSA) is 87.7 Å². The highest BCUT2D eigenvalue weighted by molar-refractivity contribution is 5.65. The number of nitrogens with one attached hydrogen (secondary N) is 1. The number of para-hydroxylation sites is 1. The molecule has 2 atom stereocenters. The number of nitrogens with zero attached hydrogens (tertiary/aromatic N) is 3. The molecule has 1 fully saturated rings. The van der Waals surface area contributed by atoms with Crippen LogP contribution in [0.1, 0.15) is 19.4 Å². The molecule has 0 bridgehead atoms. The predicted molar refractivity (Wildman–Crippen MR) is 82.9 cm³/mol. The third-order valence-corrected chi connectivity index (χ3v) is 4.30. The number of nitrogen functional groups attached to an aromatic ring is 1. The average Bonchev–Trinajstić information content (AvgIpc) is 2.44. The molecule has 1 aliphatic rings. The van der Waals surface area contributed by atoms with Crippen LogP contribution >= 0.6 is 0 Å². The molecule has 0 aromatic heterocycles. The summed E-state index contributed by atoms with van der Waals surface area (Å²) in [5.74, 6) is 5.49. The first kappa shape index (κ1) is 15.7. The fraction of sp³-hybridized carbons (Fsp3) is 0.571. The Hall–Kier alpha value is -1.70. The Bertz CT molecular complexity index is 510. The zero-order valence-corrected chi connectivity index (χ0v) is 12.7. The van der Waals surface area contributed by atoms with Crippen LogP contribution in [0.4, 0.5) is 11.4 Å². The quantitative estimate of drug-likeness (QED) is 0.496. The summed E-state index contributed by atoms with van der Waals surface area (Å²) in [6.45, 7) is 6.92. The maximum absolute atomic E-state index is 11.1. The van der Waals surface area contributed by atoms with Crippen molar-refractivity contribution < 1.29 is 4.92 Å². The van der Waals surface area contributed by atoms with Gasteiger partial charge in [0, 0.05) is 37.8 Å². The summed E-state index contributed by atoms with van der Waals surface area (Å²) < 4.78 is 0. The normalized spacial score (nSPS) is 24.0. The van der Waals surface area contributed by atoms with E-state index in [1.807, 2.05) is 6.07 Å². The molecule has 7 heteroatoms. The van der Waals surface area contributed by atoms with Gasteiger partial charge >= 0.3 is 0 Å². The molecule has 0 saturated carbocycles. The Morgan fingerprint density at radius 2 is 2.00 bits per heavy atom. The second-order valence-corrected chi connectivity index (χ2v) is 5.77. The van der Waals surface area contributed by atoms with Crippen LogP contribution in [0.5, 0.6) is 0 Å². The molecule has 1 heterocycles. The van der Waals surface area contributed by atoms with E-state index in [0.29, 0.717) is 24.3 Å². The lowest BCUT2D eigenvalue weighted by Crippen LogP contribution is -2.54. The third-order valence-electron chi connectivity index (χ3n) is 4.30. The van der Waals surface area contributed by atoms with Crippen molar-refractivity contribution in [1.29, 1.82) is 0 Å². The van der Waals surface area contributed by atoms with Gasteiger partial charge in [-0.05, 0) is 26.5 Å². The molecule has 0 spiro atoms. The number of nitro groups is 1. The summed E-state index contributed by atoms with van der Waals surface area (Å²) in [5, 5.41) is 11.1. The fourth-order valence-corrected chi connectivity index (χ4v) is 2.92. The van der Waals surface area contributed by atoms with Crippen LogP contribution in [0.3, 0.4) is 0 Å². The van der Waals surface area contributed by atoms with E-state index in [1.165, 1.54) is 6.07 Å². The van der Waals surface area contributed by atoms with Crippen molar-refractivity contribution in [2.24, 2.45) is 5.84 Å². The van der Waals surface area contributed by atoms with E-state index in [-0.39, 0.29) is 5.69 Å². The summed E-state index contributed by atoms with van der Waals surface area (Å²) >= 11 is 0. The summed E-state index contributed by atoms with van der Waals surface area (Å²) in [7, 11) is 2.13. The number of nitrogens with two attached hydrogens (primary N) is 1. The van der Waals surface area contributed by atoms with Gasteiger partial charge in [0.15, 0.2) is 0 Å². The molecule has 0 amide bonds. The number of rotatable bonds is 4. The van der Waals surface area contributed by atoms with Crippen LogP contribution < -0.4 is 11.3 Å². The lowest BCUT2D eigenvalue weighted by molar-refractivity contribution is -0.384. The van der Waals surface area contributed by atoms with Crippen molar-refractivity contribution in [3.05, 3.63) is 33.9 Å². The number of nitro benzene ring substituents is 1. The first-order valence-corrected chi connectivity index (χ1v) is 7.11. The first-order valence-electron chi connectivity index (χ1n) is 7.11. The molecule has 1 aliphatic heterocycles. The van der Waals surface area contributed by atoms with Crippen LogP contribution in [0.25, 0.3) is 0 Å². The second-order valence-electron chi connectivity index (χ2n) is 5.77. The average molecular weight is 293 g/mol. The van der Waals surface area contributed by atoms with E-state index in [9.17, 15) is 10.1 Å². The minimum Gasteiger partial charge on any atom is -0.318 e. The highest BCUT2D eigenvalue weighted by Crippen LogP contribution is 2.29. The van der Waals surface area contributed by atoms with Crippen molar-refractivity contribution in [2.75, 3.05) is 25.6 Å². The van der Waals surface area contributed by atoms with Gasteiger partial charge in [-0.25, -0.2) is 0 Å². The zero-order chi connectivity index (χ0) is 15.6. The van der Waals surface area contributed by atoms with E-state index >= 15 is 0 Å². The standard InChI is InChI=1S/C14H23N5O2/c1-10-7-18(8-11(2)17(10)3)9-12-5-4-6-13(19(20)21)14(12)16-15/h4-6,10-11,16H,7-9,15H2,1-3H3. The molecule has 21 heavy (non-hydrogen) atoms. The Kier molecular flexibility index (Phi) is 4.76. The van der Waals surface area contributed by atoms with Crippen molar-refractivity contribution >= 4 is 11.4 Å². The van der Waals surface area contributed by atoms with Gasteiger partial charge in [-0.15, -0.1) is 0 Å². The van der Waals surface area contributed by atoms with E-state index in [4.69, 9.17) is 5.84 Å². The fourth-order valence-electron chi connectivity index (χ4n) is 2.92. The number of likely N-dealkylation sites (N-methyl/N-ethyl adjacent to an activating group) is 1. The second kappa shape index (κ2) is 6.38. The summed E-state index contributed by atoms with van der Waals surface area (Å²) in [5.41, 5.74) is 3.77. The number of benzene rings is 1. The Balaban J connectivity index is 2.20. The number of hydrazine groups is 1. The van der Waals surface area contributed by atoms with E-state index in [1.54, 1.807) is 6.07 Å². The summed E-state index contributed by atoms with van der Waals surface area (Å²) in [4.78, 5) is 15.3. The molecular weight excluding hydrogens is 270 g/mol. The number of hydrogen-bond acceptors (Lipinski definition) is 6. The van der Waals surface area contributed by atoms with Gasteiger partial charge in [0.2, 0.25) is 0 Å². The van der Waals surface area contributed by atoms with Crippen molar-refractivity contribution in [2.45, 2.75) is 32.5 Å². The van der Waals surface area contributed by atoms with Crippen LogP contribution in [-0.2, 0) is 6.54 Å². The van der Waals surface area contributed by atoms with E-state index < -0.39 is 4.92 Å². The maximum Gasteiger partial charge on any atom is 0.293 e. The minimum absolute atomic E-state index is 0.0187. The van der Waals surface area contributed by atoms with Gasteiger partial charge in [-0.3, -0.25) is 25.8 Å². The van der Waals surface area contributed by atoms with Crippen molar-refractivity contribution in [3.8, 4) is 0 Å². The molecule has 116 valence electrons. The van der Waals surface area contributed by atoms with Crippen LogP contribution in [0, 0.1) is 10.1 Å². The molecule has 0 aliphatic carbocycles. The molecule has 3 N–H and O–H groups in total. The minimum atomic E-state index is -0.409. The Morgan fingerprint density at radius 1 is 1.38 bits per heavy atom. The molecule has 0 radical (unpaired) electrons. The molecule has 2 unspecified atom stereocenters. The molecule has 1 aromatic rings. The lowest BCUT2D eigenvalue weighted by Gasteiger charge is -2.42. The van der Waals surface area contributed by atoms with Gasteiger partial charge in [0.1, 0.15) is 5.69 Å². The lowest BCUT2D eigenvalue weighted by atomic mass is 10.1. The number of piperazine rings is 1. The van der Waals surface area contributed by atoms with Gasteiger partial charge in [-0.1, -0.05) is 12.1 Å². The van der Waals surface area contributed by atoms with Crippen molar-refractivity contribution in [3.63, 3.8) is 0 Å². The highest BCUT2D eigenvalue weighted by Gasteiger charge is 2.27. The Morgan fingerprint density at radius 3 is 2.52 bits per heavy atom. The summed E-state index contributed by atoms with van der Waals surface area (Å²) in [6.07, 6.45) is 0. The predicted octanol–water partition coefficient (Wildman–Crippen LogP) is 1.40. The van der Waals surface area contributed by atoms with Crippen LogP contribution in [0.2, 0.25) is 0 Å². The van der Waals surface area contributed by atoms with Gasteiger partial charge in [-0.2, -0.15) is 0 Å². The largest absolute Gasteiger partial charge is 0.318 e. The zero-order valence-electron chi connectivity index (χ0n) is 12.7. The van der Waals surface area contributed by atoms with Gasteiger partial charge in [0.05, 0.1) is 4.92 Å². The van der Waals surface area contributed by atoms with Crippen molar-refractivity contribution in [1.82, 2.24) is 9.80 Å². The maximum atomic E-state index is 11.1. The molecule has 1 aromatic carbocycles. The molecule has 1 saturated heterocycles. The van der Waals surface area contributed by atoms with Gasteiger partial charge in [0.25, 0.3) is 5.69 Å². The monoisotopic (exact) mass is 293 g/mol. The molecule has 2 rings (SSSR count). The van der Waals surface area contributed by atoms with Crippen LogP contribution in [-0.4, -0.2) is 46.9 Å². The van der Waals surface area contributed by atoms with E-state index in [0.717, 1.165) is 18.7 Å². The number of anilines is 1. The SMILES string of the molecule is CC1CN(Cc2cccc([N+](=O)[O-])c2NN)CC(C)N1C. The third kappa shape index (κ3) is 3.31. The molecule has 7 nitrogen and oxygen atoms in total. The first-order chi connectivity index (χ1) is 9.93.